The molecule has 0 unspecified atom stereocenters. The second kappa shape index (κ2) is 2.97. The van der Waals surface area contributed by atoms with Gasteiger partial charge in [-0.05, 0) is 31.6 Å². The maximum absolute atomic E-state index is 12.7. The van der Waals surface area contributed by atoms with Crippen molar-refractivity contribution >= 4 is 5.71 Å². The average molecular weight is 205 g/mol. The summed E-state index contributed by atoms with van der Waals surface area (Å²) in [5.41, 5.74) is -1.09. The molecule has 0 bridgehead atoms. The molecule has 0 spiro atoms. The Hall–Kier alpha value is -0.540. The van der Waals surface area contributed by atoms with Crippen LogP contribution in [0.4, 0.5) is 13.2 Å². The summed E-state index contributed by atoms with van der Waals surface area (Å²) >= 11 is 0. The highest BCUT2D eigenvalue weighted by molar-refractivity contribution is 5.93. The lowest BCUT2D eigenvalue weighted by Crippen LogP contribution is -2.35. The maximum atomic E-state index is 12.7. The number of alkyl halides is 3. The Bertz CT molecular complexity index is 263. The van der Waals surface area contributed by atoms with Crippen molar-refractivity contribution in [1.82, 2.24) is 0 Å². The van der Waals surface area contributed by atoms with Crippen molar-refractivity contribution in [3.8, 4) is 0 Å². The number of halogens is 3. The third-order valence-corrected chi connectivity index (χ3v) is 3.31. The van der Waals surface area contributed by atoms with Gasteiger partial charge in [0.05, 0.1) is 0 Å². The Morgan fingerprint density at radius 1 is 1.36 bits per heavy atom. The van der Waals surface area contributed by atoms with Crippen LogP contribution in [0, 0.1) is 11.3 Å². The van der Waals surface area contributed by atoms with Crippen LogP contribution in [0.25, 0.3) is 0 Å². The van der Waals surface area contributed by atoms with Crippen molar-refractivity contribution in [2.24, 2.45) is 16.3 Å². The first-order valence-electron chi connectivity index (χ1n) is 5.06. The van der Waals surface area contributed by atoms with Crippen LogP contribution in [0.3, 0.4) is 0 Å². The van der Waals surface area contributed by atoms with Crippen LogP contribution in [0.1, 0.15) is 32.6 Å². The van der Waals surface area contributed by atoms with E-state index < -0.39 is 11.6 Å². The summed E-state index contributed by atoms with van der Waals surface area (Å²) in [5.74, 6) is 0.447. The fourth-order valence-electron chi connectivity index (χ4n) is 2.07. The van der Waals surface area contributed by atoms with Crippen LogP contribution in [0.5, 0.6) is 0 Å². The normalized spacial score (nSPS) is 31.1. The van der Waals surface area contributed by atoms with E-state index in [1.165, 1.54) is 0 Å². The molecule has 1 nitrogen and oxygen atoms in total. The standard InChI is InChI=1S/C10H14F3N/c1-7-2-3-8(14-6-7)9(4-5-9)10(11,12)13/h7H,2-6H2,1H3/t7-/m0/s1. The molecule has 80 valence electrons. The summed E-state index contributed by atoms with van der Waals surface area (Å²) in [7, 11) is 0. The molecule has 1 heterocycles. The number of nitrogens with zero attached hydrogens (tertiary/aromatic N) is 1. The molecule has 1 atom stereocenters. The lowest BCUT2D eigenvalue weighted by molar-refractivity contribution is -0.166. The molecule has 14 heavy (non-hydrogen) atoms. The second-order valence-corrected chi connectivity index (χ2v) is 4.51. The van der Waals surface area contributed by atoms with E-state index in [4.69, 9.17) is 0 Å². The number of aliphatic imine (C=N–C) groups is 1. The molecule has 0 saturated heterocycles. The second-order valence-electron chi connectivity index (χ2n) is 4.51. The topological polar surface area (TPSA) is 12.4 Å². The van der Waals surface area contributed by atoms with Crippen LogP contribution in [-0.4, -0.2) is 18.4 Å². The predicted molar refractivity (Wildman–Crippen MR) is 48.4 cm³/mol. The predicted octanol–water partition coefficient (Wildman–Crippen LogP) is 3.20. The summed E-state index contributed by atoms with van der Waals surface area (Å²) in [6, 6.07) is 0. The van der Waals surface area contributed by atoms with Gasteiger partial charge in [0.15, 0.2) is 0 Å². The van der Waals surface area contributed by atoms with E-state index in [2.05, 4.69) is 4.99 Å². The van der Waals surface area contributed by atoms with E-state index in [1.54, 1.807) is 0 Å². The SMILES string of the molecule is C[C@H]1CCC(C2(C(F)(F)F)CC2)=NC1. The molecule has 2 aliphatic rings. The van der Waals surface area contributed by atoms with Crippen molar-refractivity contribution in [2.75, 3.05) is 6.54 Å². The minimum Gasteiger partial charge on any atom is -0.293 e. The Labute approximate surface area is 81.4 Å². The Balaban J connectivity index is 2.16. The van der Waals surface area contributed by atoms with E-state index in [1.807, 2.05) is 6.92 Å². The fourth-order valence-corrected chi connectivity index (χ4v) is 2.07. The molecule has 0 aromatic heterocycles. The van der Waals surface area contributed by atoms with Crippen molar-refractivity contribution in [1.29, 1.82) is 0 Å². The first-order valence-corrected chi connectivity index (χ1v) is 5.06. The molecule has 0 aromatic rings. The largest absolute Gasteiger partial charge is 0.399 e. The van der Waals surface area contributed by atoms with Crippen molar-refractivity contribution in [2.45, 2.75) is 38.8 Å². The van der Waals surface area contributed by atoms with Crippen LogP contribution in [0.15, 0.2) is 4.99 Å². The van der Waals surface area contributed by atoms with E-state index in [9.17, 15) is 13.2 Å². The summed E-state index contributed by atoms with van der Waals surface area (Å²) in [4.78, 5) is 4.11. The van der Waals surface area contributed by atoms with Crippen LogP contribution < -0.4 is 0 Å². The van der Waals surface area contributed by atoms with Crippen molar-refractivity contribution < 1.29 is 13.2 Å². The number of hydrogen-bond donors (Lipinski definition) is 0. The summed E-state index contributed by atoms with van der Waals surface area (Å²) in [6.07, 6.45) is -2.17. The fraction of sp³-hybridized carbons (Fsp3) is 0.900. The van der Waals surface area contributed by atoms with Gasteiger partial charge >= 0.3 is 6.18 Å². The van der Waals surface area contributed by atoms with Crippen molar-refractivity contribution in [3.05, 3.63) is 0 Å². The van der Waals surface area contributed by atoms with Gasteiger partial charge in [-0.25, -0.2) is 0 Å². The molecular formula is C10H14F3N. The van der Waals surface area contributed by atoms with Gasteiger partial charge in [-0.15, -0.1) is 0 Å². The van der Waals surface area contributed by atoms with Gasteiger partial charge in [-0.2, -0.15) is 13.2 Å². The first-order chi connectivity index (χ1) is 6.46. The molecule has 1 aliphatic heterocycles. The molecular weight excluding hydrogens is 191 g/mol. The molecule has 0 amide bonds. The summed E-state index contributed by atoms with van der Waals surface area (Å²) in [6.45, 7) is 2.61. The minimum atomic E-state index is -4.08. The first kappa shape index (κ1) is 9.99. The Morgan fingerprint density at radius 3 is 2.36 bits per heavy atom. The molecule has 4 heteroatoms. The third-order valence-electron chi connectivity index (χ3n) is 3.31. The molecule has 2 rings (SSSR count). The summed E-state index contributed by atoms with van der Waals surface area (Å²) < 4.78 is 38.1. The molecule has 1 saturated carbocycles. The minimum absolute atomic E-state index is 0.254. The van der Waals surface area contributed by atoms with E-state index >= 15 is 0 Å². The molecule has 1 aliphatic carbocycles. The van der Waals surface area contributed by atoms with Crippen LogP contribution in [0.2, 0.25) is 0 Å². The lowest BCUT2D eigenvalue weighted by atomic mass is 9.89. The van der Waals surface area contributed by atoms with Gasteiger partial charge in [0.2, 0.25) is 0 Å². The van der Waals surface area contributed by atoms with Gasteiger partial charge in [-0.3, -0.25) is 4.99 Å². The van der Waals surface area contributed by atoms with Crippen LogP contribution in [-0.2, 0) is 0 Å². The van der Waals surface area contributed by atoms with Gasteiger partial charge in [0.1, 0.15) is 5.41 Å². The highest BCUT2D eigenvalue weighted by Crippen LogP contribution is 2.59. The zero-order chi connectivity index (χ0) is 10.4. The van der Waals surface area contributed by atoms with E-state index in [0.29, 0.717) is 24.6 Å². The van der Waals surface area contributed by atoms with E-state index in [-0.39, 0.29) is 12.8 Å². The van der Waals surface area contributed by atoms with Crippen molar-refractivity contribution in [3.63, 3.8) is 0 Å². The van der Waals surface area contributed by atoms with Gasteiger partial charge < -0.3 is 0 Å². The molecule has 1 fully saturated rings. The lowest BCUT2D eigenvalue weighted by Gasteiger charge is -2.26. The zero-order valence-electron chi connectivity index (χ0n) is 8.19. The highest BCUT2D eigenvalue weighted by Gasteiger charge is 2.66. The third kappa shape index (κ3) is 1.44. The molecule has 0 aromatic carbocycles. The van der Waals surface area contributed by atoms with Gasteiger partial charge in [0, 0.05) is 12.3 Å². The van der Waals surface area contributed by atoms with Gasteiger partial charge in [0.25, 0.3) is 0 Å². The quantitative estimate of drug-likeness (QED) is 0.623. The Kier molecular flexibility index (Phi) is 2.12. The maximum Gasteiger partial charge on any atom is 0.399 e. The zero-order valence-corrected chi connectivity index (χ0v) is 8.19. The van der Waals surface area contributed by atoms with Gasteiger partial charge in [-0.1, -0.05) is 6.92 Å². The number of rotatable bonds is 1. The van der Waals surface area contributed by atoms with Crippen LogP contribution >= 0.6 is 0 Å². The molecule has 0 radical (unpaired) electrons. The van der Waals surface area contributed by atoms with E-state index in [0.717, 1.165) is 6.42 Å². The summed E-state index contributed by atoms with van der Waals surface area (Å²) in [5, 5.41) is 0. The monoisotopic (exact) mass is 205 g/mol. The number of hydrogen-bond acceptors (Lipinski definition) is 1. The average Bonchev–Trinajstić information content (AvgIpc) is 2.84. The Morgan fingerprint density at radius 2 is 2.00 bits per heavy atom. The smallest absolute Gasteiger partial charge is 0.293 e. The highest BCUT2D eigenvalue weighted by atomic mass is 19.4. The molecule has 0 N–H and O–H groups in total.